The summed E-state index contributed by atoms with van der Waals surface area (Å²) in [4.78, 5) is 9.08. The standard InChI is InChI=1S/C19H16FN5.ClH/c1-12(13-3-2-4-16(20)7-13)24-19-11-21-18-8-14(5-6-17(18)25-19)15-9-22-23-10-15;/h2-12H,1H3,(H,22,23)(H,24,25);1H. The van der Waals surface area contributed by atoms with Crippen LogP contribution in [0.2, 0.25) is 0 Å². The number of H-pyrrole nitrogens is 1. The lowest BCUT2D eigenvalue weighted by Crippen LogP contribution is -2.08. The summed E-state index contributed by atoms with van der Waals surface area (Å²) in [5, 5.41) is 10.0. The van der Waals surface area contributed by atoms with Gasteiger partial charge in [-0.3, -0.25) is 10.1 Å². The molecule has 1 atom stereocenters. The molecule has 0 radical (unpaired) electrons. The highest BCUT2D eigenvalue weighted by molar-refractivity contribution is 5.85. The molecule has 0 fully saturated rings. The van der Waals surface area contributed by atoms with Crippen molar-refractivity contribution in [3.8, 4) is 11.1 Å². The number of hydrogen-bond acceptors (Lipinski definition) is 4. The van der Waals surface area contributed by atoms with E-state index in [1.54, 1.807) is 18.5 Å². The van der Waals surface area contributed by atoms with Crippen LogP contribution in [0.5, 0.6) is 0 Å². The molecular formula is C19H17ClFN5. The van der Waals surface area contributed by atoms with E-state index in [1.165, 1.54) is 12.1 Å². The van der Waals surface area contributed by atoms with Gasteiger partial charge >= 0.3 is 0 Å². The number of nitrogens with zero attached hydrogens (tertiary/aromatic N) is 3. The smallest absolute Gasteiger partial charge is 0.145 e. The molecule has 0 aliphatic rings. The molecule has 132 valence electrons. The molecule has 0 aliphatic carbocycles. The minimum absolute atomic E-state index is 0. The minimum Gasteiger partial charge on any atom is -0.362 e. The van der Waals surface area contributed by atoms with Gasteiger partial charge in [-0.05, 0) is 42.3 Å². The fraction of sp³-hybridized carbons (Fsp3) is 0.105. The molecule has 5 nitrogen and oxygen atoms in total. The van der Waals surface area contributed by atoms with Crippen LogP contribution >= 0.6 is 12.4 Å². The summed E-state index contributed by atoms with van der Waals surface area (Å²) in [6.45, 7) is 1.96. The Hall–Kier alpha value is -2.99. The molecule has 2 aromatic heterocycles. The number of nitrogens with one attached hydrogen (secondary N) is 2. The maximum absolute atomic E-state index is 13.4. The van der Waals surface area contributed by atoms with Crippen molar-refractivity contribution in [2.45, 2.75) is 13.0 Å². The Morgan fingerprint density at radius 3 is 2.69 bits per heavy atom. The summed E-state index contributed by atoms with van der Waals surface area (Å²) in [5.41, 5.74) is 4.50. The third kappa shape index (κ3) is 3.65. The van der Waals surface area contributed by atoms with Crippen LogP contribution in [-0.2, 0) is 0 Å². The molecule has 0 saturated carbocycles. The fourth-order valence-electron chi connectivity index (χ4n) is 2.75. The number of rotatable bonds is 4. The second-order valence-corrected chi connectivity index (χ2v) is 5.87. The molecule has 0 aliphatic heterocycles. The average molecular weight is 370 g/mol. The van der Waals surface area contributed by atoms with Gasteiger partial charge < -0.3 is 5.32 Å². The molecule has 0 bridgehead atoms. The first-order chi connectivity index (χ1) is 12.2. The maximum atomic E-state index is 13.4. The molecular weight excluding hydrogens is 353 g/mol. The third-order valence-electron chi connectivity index (χ3n) is 4.09. The van der Waals surface area contributed by atoms with E-state index >= 15 is 0 Å². The summed E-state index contributed by atoms with van der Waals surface area (Å²) < 4.78 is 13.4. The first-order valence-electron chi connectivity index (χ1n) is 7.97. The van der Waals surface area contributed by atoms with E-state index < -0.39 is 0 Å². The Kier molecular flexibility index (Phi) is 5.14. The van der Waals surface area contributed by atoms with Crippen molar-refractivity contribution in [1.29, 1.82) is 0 Å². The Labute approximate surface area is 156 Å². The zero-order chi connectivity index (χ0) is 17.2. The Bertz CT molecular complexity index is 1020. The van der Waals surface area contributed by atoms with Crippen LogP contribution in [0.1, 0.15) is 18.5 Å². The topological polar surface area (TPSA) is 66.5 Å². The summed E-state index contributed by atoms with van der Waals surface area (Å²) in [6, 6.07) is 12.4. The van der Waals surface area contributed by atoms with E-state index in [0.29, 0.717) is 5.82 Å². The van der Waals surface area contributed by atoms with Crippen molar-refractivity contribution in [3.63, 3.8) is 0 Å². The van der Waals surface area contributed by atoms with Crippen LogP contribution < -0.4 is 5.32 Å². The Balaban J connectivity index is 0.00000196. The van der Waals surface area contributed by atoms with E-state index in [2.05, 4.69) is 25.5 Å². The van der Waals surface area contributed by atoms with Crippen LogP contribution in [0.25, 0.3) is 22.2 Å². The van der Waals surface area contributed by atoms with Crippen molar-refractivity contribution in [2.24, 2.45) is 0 Å². The van der Waals surface area contributed by atoms with Crippen molar-refractivity contribution in [3.05, 3.63) is 72.4 Å². The first-order valence-corrected chi connectivity index (χ1v) is 7.97. The number of aromatic amines is 1. The monoisotopic (exact) mass is 369 g/mol. The molecule has 4 rings (SSSR count). The Morgan fingerprint density at radius 1 is 1.04 bits per heavy atom. The van der Waals surface area contributed by atoms with Crippen LogP contribution in [0, 0.1) is 5.82 Å². The summed E-state index contributed by atoms with van der Waals surface area (Å²) in [6.07, 6.45) is 5.30. The van der Waals surface area contributed by atoms with Gasteiger partial charge in [-0.15, -0.1) is 12.4 Å². The van der Waals surface area contributed by atoms with Crippen LogP contribution in [0.15, 0.2) is 61.1 Å². The van der Waals surface area contributed by atoms with Gasteiger partial charge in [0.15, 0.2) is 0 Å². The molecule has 26 heavy (non-hydrogen) atoms. The highest BCUT2D eigenvalue weighted by Crippen LogP contribution is 2.24. The molecule has 4 aromatic rings. The number of benzene rings is 2. The van der Waals surface area contributed by atoms with Gasteiger partial charge in [0.2, 0.25) is 0 Å². The quantitative estimate of drug-likeness (QED) is 0.544. The van der Waals surface area contributed by atoms with E-state index in [4.69, 9.17) is 0 Å². The zero-order valence-electron chi connectivity index (χ0n) is 14.0. The number of anilines is 1. The second-order valence-electron chi connectivity index (χ2n) is 5.87. The highest BCUT2D eigenvalue weighted by Gasteiger charge is 2.09. The molecule has 2 heterocycles. The molecule has 2 aromatic carbocycles. The van der Waals surface area contributed by atoms with Gasteiger partial charge in [0.25, 0.3) is 0 Å². The molecule has 2 N–H and O–H groups in total. The second kappa shape index (κ2) is 7.49. The first kappa shape index (κ1) is 17.8. The van der Waals surface area contributed by atoms with E-state index in [9.17, 15) is 4.39 Å². The Morgan fingerprint density at radius 2 is 1.92 bits per heavy atom. The maximum Gasteiger partial charge on any atom is 0.145 e. The normalized spacial score (nSPS) is 11.8. The lowest BCUT2D eigenvalue weighted by Gasteiger charge is -2.15. The SMILES string of the molecule is CC(Nc1cnc2cc(-c3cn[nH]c3)ccc2n1)c1cccc(F)c1.Cl. The van der Waals surface area contributed by atoms with Crippen molar-refractivity contribution < 1.29 is 4.39 Å². The van der Waals surface area contributed by atoms with Crippen LogP contribution in [0.4, 0.5) is 10.2 Å². The number of hydrogen-bond donors (Lipinski definition) is 2. The lowest BCUT2D eigenvalue weighted by molar-refractivity contribution is 0.623. The largest absolute Gasteiger partial charge is 0.362 e. The predicted molar refractivity (Wildman–Crippen MR) is 103 cm³/mol. The summed E-state index contributed by atoms with van der Waals surface area (Å²) >= 11 is 0. The summed E-state index contributed by atoms with van der Waals surface area (Å²) in [7, 11) is 0. The van der Waals surface area contributed by atoms with Gasteiger partial charge in [-0.25, -0.2) is 9.37 Å². The van der Waals surface area contributed by atoms with Crippen LogP contribution in [-0.4, -0.2) is 20.2 Å². The van der Waals surface area contributed by atoms with Gasteiger partial charge in [0, 0.05) is 11.8 Å². The number of fused-ring (bicyclic) bond motifs is 1. The summed E-state index contributed by atoms with van der Waals surface area (Å²) in [5.74, 6) is 0.405. The minimum atomic E-state index is -0.248. The van der Waals surface area contributed by atoms with E-state index in [1.807, 2.05) is 37.4 Å². The molecule has 7 heteroatoms. The van der Waals surface area contributed by atoms with Gasteiger partial charge in [-0.1, -0.05) is 18.2 Å². The predicted octanol–water partition coefficient (Wildman–Crippen LogP) is 4.75. The molecule has 0 spiro atoms. The number of halogens is 2. The van der Waals surface area contributed by atoms with Crippen molar-refractivity contribution in [1.82, 2.24) is 20.2 Å². The lowest BCUT2D eigenvalue weighted by atomic mass is 10.1. The fourth-order valence-corrected chi connectivity index (χ4v) is 2.75. The van der Waals surface area contributed by atoms with Crippen LogP contribution in [0.3, 0.4) is 0 Å². The number of aromatic nitrogens is 4. The van der Waals surface area contributed by atoms with Gasteiger partial charge in [0.05, 0.1) is 29.5 Å². The molecule has 1 unspecified atom stereocenters. The molecule has 0 saturated heterocycles. The third-order valence-corrected chi connectivity index (χ3v) is 4.09. The van der Waals surface area contributed by atoms with E-state index in [0.717, 1.165) is 27.7 Å². The van der Waals surface area contributed by atoms with E-state index in [-0.39, 0.29) is 24.3 Å². The highest BCUT2D eigenvalue weighted by atomic mass is 35.5. The average Bonchev–Trinajstić information content (AvgIpc) is 3.16. The van der Waals surface area contributed by atoms with Crippen molar-refractivity contribution >= 4 is 29.3 Å². The molecule has 0 amide bonds. The van der Waals surface area contributed by atoms with Crippen molar-refractivity contribution in [2.75, 3.05) is 5.32 Å². The van der Waals surface area contributed by atoms with Gasteiger partial charge in [0.1, 0.15) is 11.6 Å². The van der Waals surface area contributed by atoms with Gasteiger partial charge in [-0.2, -0.15) is 5.10 Å². The zero-order valence-corrected chi connectivity index (χ0v) is 14.8.